The molecule has 23 heavy (non-hydrogen) atoms. The van der Waals surface area contributed by atoms with E-state index in [9.17, 15) is 14.0 Å². The molecule has 0 radical (unpaired) electrons. The lowest BCUT2D eigenvalue weighted by Gasteiger charge is -2.17. The Bertz CT molecular complexity index is 729. The second-order valence-corrected chi connectivity index (χ2v) is 5.49. The number of aliphatic carboxylic acids is 1. The molecule has 2 rings (SSSR count). The number of hydrogen-bond donors (Lipinski definition) is 2. The fraction of sp³-hybridized carbons (Fsp3) is 0.250. The van der Waals surface area contributed by atoms with Crippen LogP contribution in [0.2, 0.25) is 5.02 Å². The number of carbonyl (C=O) groups is 2. The fourth-order valence-corrected chi connectivity index (χ4v) is 2.26. The number of hydrogen-bond acceptors (Lipinski definition) is 3. The van der Waals surface area contributed by atoms with Crippen molar-refractivity contribution < 1.29 is 23.5 Å². The van der Waals surface area contributed by atoms with Gasteiger partial charge in [0.2, 0.25) is 5.91 Å². The quantitative estimate of drug-likeness (QED) is 0.846. The van der Waals surface area contributed by atoms with Crippen LogP contribution in [0, 0.1) is 12.7 Å². The maximum absolute atomic E-state index is 13.6. The average Bonchev–Trinajstić information content (AvgIpc) is 2.85. The van der Waals surface area contributed by atoms with Crippen molar-refractivity contribution in [2.45, 2.75) is 25.8 Å². The van der Waals surface area contributed by atoms with Gasteiger partial charge in [-0.2, -0.15) is 0 Å². The van der Waals surface area contributed by atoms with Crippen LogP contribution in [0.5, 0.6) is 0 Å². The van der Waals surface area contributed by atoms with E-state index in [1.165, 1.54) is 12.1 Å². The van der Waals surface area contributed by atoms with Crippen LogP contribution in [0.4, 0.5) is 4.39 Å². The molecule has 1 aromatic heterocycles. The first-order chi connectivity index (χ1) is 10.8. The Labute approximate surface area is 137 Å². The zero-order chi connectivity index (χ0) is 17.0. The lowest BCUT2D eigenvalue weighted by molar-refractivity contribution is -0.137. The second kappa shape index (κ2) is 7.28. The van der Waals surface area contributed by atoms with E-state index in [0.29, 0.717) is 17.1 Å². The highest BCUT2D eigenvalue weighted by atomic mass is 35.5. The van der Waals surface area contributed by atoms with Gasteiger partial charge in [0.05, 0.1) is 23.9 Å². The molecule has 2 aromatic rings. The number of amides is 1. The largest absolute Gasteiger partial charge is 0.481 e. The van der Waals surface area contributed by atoms with E-state index in [0.717, 1.165) is 6.07 Å². The maximum Gasteiger partial charge on any atom is 0.305 e. The number of nitrogens with one attached hydrogen (secondary N) is 1. The molecule has 1 aromatic carbocycles. The van der Waals surface area contributed by atoms with E-state index in [2.05, 4.69) is 5.32 Å². The molecule has 0 saturated heterocycles. The third kappa shape index (κ3) is 4.82. The van der Waals surface area contributed by atoms with Crippen molar-refractivity contribution in [1.29, 1.82) is 0 Å². The van der Waals surface area contributed by atoms with E-state index >= 15 is 0 Å². The van der Waals surface area contributed by atoms with Gasteiger partial charge in [0.25, 0.3) is 0 Å². The Morgan fingerprint density at radius 3 is 2.65 bits per heavy atom. The predicted octanol–water partition coefficient (Wildman–Crippen LogP) is 3.26. The van der Waals surface area contributed by atoms with Gasteiger partial charge in [-0.3, -0.25) is 9.59 Å². The Morgan fingerprint density at radius 1 is 1.35 bits per heavy atom. The fourth-order valence-electron chi connectivity index (χ4n) is 2.14. The monoisotopic (exact) mass is 339 g/mol. The molecule has 0 unspecified atom stereocenters. The topological polar surface area (TPSA) is 79.5 Å². The molecule has 0 bridgehead atoms. The minimum atomic E-state index is -1.11. The molecule has 1 atom stereocenters. The van der Waals surface area contributed by atoms with E-state index in [1.54, 1.807) is 19.1 Å². The zero-order valence-electron chi connectivity index (χ0n) is 12.3. The number of rotatable bonds is 6. The van der Waals surface area contributed by atoms with Gasteiger partial charge in [-0.05, 0) is 36.8 Å². The minimum Gasteiger partial charge on any atom is -0.481 e. The van der Waals surface area contributed by atoms with E-state index in [-0.39, 0.29) is 17.9 Å². The molecular weight excluding hydrogens is 325 g/mol. The molecule has 0 spiro atoms. The molecule has 7 heteroatoms. The standard InChI is InChI=1S/C16H15ClFNO4/c1-9-2-4-11(23-9)7-15(20)19-14(8-16(21)22)10-3-5-12(17)13(18)6-10/h2-6,14H,7-8H2,1H3,(H,19,20)(H,21,22)/t14-/m0/s1. The Hall–Kier alpha value is -2.34. The number of carboxylic acids is 1. The van der Waals surface area contributed by atoms with Crippen LogP contribution in [0.3, 0.4) is 0 Å². The van der Waals surface area contributed by atoms with Crippen LogP contribution >= 0.6 is 11.6 Å². The SMILES string of the molecule is Cc1ccc(CC(=O)N[C@@H](CC(=O)O)c2ccc(Cl)c(F)c2)o1. The van der Waals surface area contributed by atoms with Crippen molar-refractivity contribution in [2.75, 3.05) is 0 Å². The van der Waals surface area contributed by atoms with Crippen molar-refractivity contribution in [3.63, 3.8) is 0 Å². The van der Waals surface area contributed by atoms with Crippen LogP contribution in [-0.2, 0) is 16.0 Å². The molecule has 1 heterocycles. The summed E-state index contributed by atoms with van der Waals surface area (Å²) in [5.41, 5.74) is 0.332. The molecule has 0 fully saturated rings. The van der Waals surface area contributed by atoms with Crippen molar-refractivity contribution >= 4 is 23.5 Å². The number of carbonyl (C=O) groups excluding carboxylic acids is 1. The van der Waals surface area contributed by atoms with Gasteiger partial charge in [0.1, 0.15) is 17.3 Å². The normalized spacial score (nSPS) is 12.0. The van der Waals surface area contributed by atoms with E-state index in [4.69, 9.17) is 21.1 Å². The van der Waals surface area contributed by atoms with Crippen molar-refractivity contribution in [2.24, 2.45) is 0 Å². The first kappa shape index (κ1) is 17.0. The highest BCUT2D eigenvalue weighted by Crippen LogP contribution is 2.22. The molecular formula is C16H15ClFNO4. The molecule has 0 aliphatic carbocycles. The number of aryl methyl sites for hydroxylation is 1. The third-order valence-corrected chi connectivity index (χ3v) is 3.50. The van der Waals surface area contributed by atoms with Gasteiger partial charge in [-0.1, -0.05) is 17.7 Å². The summed E-state index contributed by atoms with van der Waals surface area (Å²) in [4.78, 5) is 23.0. The highest BCUT2D eigenvalue weighted by Gasteiger charge is 2.20. The van der Waals surface area contributed by atoms with Crippen LogP contribution in [-0.4, -0.2) is 17.0 Å². The first-order valence-corrected chi connectivity index (χ1v) is 7.24. The van der Waals surface area contributed by atoms with Crippen LogP contribution in [0.1, 0.15) is 29.5 Å². The van der Waals surface area contributed by atoms with Gasteiger partial charge in [-0.25, -0.2) is 4.39 Å². The van der Waals surface area contributed by atoms with Crippen LogP contribution in [0.15, 0.2) is 34.7 Å². The smallest absolute Gasteiger partial charge is 0.305 e. The second-order valence-electron chi connectivity index (χ2n) is 5.08. The van der Waals surface area contributed by atoms with Crippen molar-refractivity contribution in [3.8, 4) is 0 Å². The van der Waals surface area contributed by atoms with Crippen LogP contribution in [0.25, 0.3) is 0 Å². The summed E-state index contributed by atoms with van der Waals surface area (Å²) >= 11 is 5.62. The molecule has 0 aliphatic heterocycles. The zero-order valence-corrected chi connectivity index (χ0v) is 13.1. The number of benzene rings is 1. The van der Waals surface area contributed by atoms with Gasteiger partial charge in [0, 0.05) is 0 Å². The minimum absolute atomic E-state index is 0.0277. The molecule has 5 nitrogen and oxygen atoms in total. The Balaban J connectivity index is 2.12. The third-order valence-electron chi connectivity index (χ3n) is 3.19. The summed E-state index contributed by atoms with van der Waals surface area (Å²) in [6.45, 7) is 1.76. The van der Waals surface area contributed by atoms with Gasteiger partial charge in [0.15, 0.2) is 0 Å². The summed E-state index contributed by atoms with van der Waals surface area (Å²) < 4.78 is 18.9. The summed E-state index contributed by atoms with van der Waals surface area (Å²) in [6.07, 6.45) is -0.399. The van der Waals surface area contributed by atoms with Crippen molar-refractivity contribution in [3.05, 3.63) is 58.3 Å². The Morgan fingerprint density at radius 2 is 2.09 bits per heavy atom. The van der Waals surface area contributed by atoms with Crippen LogP contribution < -0.4 is 5.32 Å². The molecule has 0 aliphatic rings. The summed E-state index contributed by atoms with van der Waals surface area (Å²) in [5, 5.41) is 11.5. The molecule has 1 amide bonds. The highest BCUT2D eigenvalue weighted by molar-refractivity contribution is 6.30. The Kier molecular flexibility index (Phi) is 5.39. The first-order valence-electron chi connectivity index (χ1n) is 6.86. The average molecular weight is 340 g/mol. The summed E-state index contributed by atoms with van der Waals surface area (Å²) in [7, 11) is 0. The molecule has 122 valence electrons. The van der Waals surface area contributed by atoms with Gasteiger partial charge < -0.3 is 14.8 Å². The molecule has 0 saturated carbocycles. The molecule has 2 N–H and O–H groups in total. The number of halogens is 2. The number of carboxylic acid groups (broad SMARTS) is 1. The number of furan rings is 1. The van der Waals surface area contributed by atoms with E-state index in [1.807, 2.05) is 0 Å². The van der Waals surface area contributed by atoms with E-state index < -0.39 is 23.7 Å². The predicted molar refractivity (Wildman–Crippen MR) is 81.7 cm³/mol. The summed E-state index contributed by atoms with van der Waals surface area (Å²) in [5.74, 6) is -1.05. The maximum atomic E-state index is 13.6. The van der Waals surface area contributed by atoms with Gasteiger partial charge >= 0.3 is 5.97 Å². The lowest BCUT2D eigenvalue weighted by Crippen LogP contribution is -2.31. The summed E-state index contributed by atoms with van der Waals surface area (Å²) in [6, 6.07) is 6.46. The van der Waals surface area contributed by atoms with Crippen molar-refractivity contribution in [1.82, 2.24) is 5.32 Å². The van der Waals surface area contributed by atoms with Gasteiger partial charge in [-0.15, -0.1) is 0 Å². The lowest BCUT2D eigenvalue weighted by atomic mass is 10.0.